The van der Waals surface area contributed by atoms with E-state index in [1.807, 2.05) is 24.3 Å². The Morgan fingerprint density at radius 3 is 2.88 bits per heavy atom. The first-order valence-electron chi connectivity index (χ1n) is 5.51. The van der Waals surface area contributed by atoms with Crippen molar-refractivity contribution in [1.29, 1.82) is 0 Å². The third-order valence-corrected chi connectivity index (χ3v) is 3.07. The second kappa shape index (κ2) is 4.53. The van der Waals surface area contributed by atoms with Gasteiger partial charge in [0.05, 0.1) is 0 Å². The lowest BCUT2D eigenvalue weighted by molar-refractivity contribution is 0.318. The maximum atomic E-state index is 8.69. The molecule has 0 saturated heterocycles. The predicted octanol–water partition coefficient (Wildman–Crippen LogP) is 1.28. The van der Waals surface area contributed by atoms with Gasteiger partial charge in [0.2, 0.25) is 0 Å². The van der Waals surface area contributed by atoms with Crippen LogP contribution in [0.5, 0.6) is 0 Å². The van der Waals surface area contributed by atoms with E-state index < -0.39 is 0 Å². The molecule has 0 spiro atoms. The number of oxime groups is 1. The first kappa shape index (κ1) is 11.0. The number of hydrogen-bond donors (Lipinski definition) is 3. The third-order valence-electron chi connectivity index (χ3n) is 3.07. The molecular weight excluding hydrogens is 202 g/mol. The molecule has 1 aliphatic carbocycles. The van der Waals surface area contributed by atoms with E-state index in [1.54, 1.807) is 0 Å². The number of rotatable bonds is 4. The Kier molecular flexibility index (Phi) is 3.10. The van der Waals surface area contributed by atoms with E-state index in [9.17, 15) is 0 Å². The molecule has 0 bridgehead atoms. The fraction of sp³-hybridized carbons (Fsp3) is 0.417. The van der Waals surface area contributed by atoms with Crippen LogP contribution in [-0.2, 0) is 6.54 Å². The summed E-state index contributed by atoms with van der Waals surface area (Å²) in [5.41, 5.74) is 7.48. The molecule has 0 aliphatic heterocycles. The Hall–Kier alpha value is -1.55. The maximum Gasteiger partial charge on any atom is 0.170 e. The molecule has 1 aliphatic rings. The highest BCUT2D eigenvalue weighted by molar-refractivity contribution is 5.98. The highest BCUT2D eigenvalue weighted by atomic mass is 16.4. The van der Waals surface area contributed by atoms with Gasteiger partial charge in [0.25, 0.3) is 0 Å². The van der Waals surface area contributed by atoms with Crippen molar-refractivity contribution in [2.24, 2.45) is 16.8 Å². The second-order valence-electron chi connectivity index (χ2n) is 4.34. The molecule has 0 amide bonds. The summed E-state index contributed by atoms with van der Waals surface area (Å²) in [7, 11) is 0. The van der Waals surface area contributed by atoms with Crippen molar-refractivity contribution in [3.63, 3.8) is 0 Å². The van der Waals surface area contributed by atoms with Crippen molar-refractivity contribution in [3.05, 3.63) is 35.4 Å². The molecule has 4 N–H and O–H groups in total. The maximum absolute atomic E-state index is 8.69. The van der Waals surface area contributed by atoms with Crippen LogP contribution in [0.2, 0.25) is 0 Å². The van der Waals surface area contributed by atoms with Gasteiger partial charge in [-0.1, -0.05) is 36.3 Å². The molecule has 0 aromatic heterocycles. The Morgan fingerprint density at radius 2 is 2.25 bits per heavy atom. The van der Waals surface area contributed by atoms with Crippen LogP contribution < -0.4 is 11.1 Å². The van der Waals surface area contributed by atoms with Crippen LogP contribution in [0, 0.1) is 5.92 Å². The first-order chi connectivity index (χ1) is 7.72. The summed E-state index contributed by atoms with van der Waals surface area (Å²) in [6.45, 7) is 2.99. The summed E-state index contributed by atoms with van der Waals surface area (Å²) in [6.07, 6.45) is 1.24. The van der Waals surface area contributed by atoms with E-state index in [4.69, 9.17) is 10.9 Å². The van der Waals surface area contributed by atoms with Gasteiger partial charge in [0, 0.05) is 18.2 Å². The number of amidine groups is 1. The summed E-state index contributed by atoms with van der Waals surface area (Å²) in [5.74, 6) is 0.942. The number of benzene rings is 1. The van der Waals surface area contributed by atoms with Crippen molar-refractivity contribution in [1.82, 2.24) is 5.32 Å². The van der Waals surface area contributed by atoms with Crippen molar-refractivity contribution in [2.45, 2.75) is 25.9 Å². The number of nitrogens with zero attached hydrogens (tertiary/aromatic N) is 1. The van der Waals surface area contributed by atoms with Crippen molar-refractivity contribution in [3.8, 4) is 0 Å². The minimum absolute atomic E-state index is 0.168. The SMILES string of the molecule is CC1CC1NCc1ccccc1C(N)=NO. The summed E-state index contributed by atoms with van der Waals surface area (Å²) >= 11 is 0. The highest BCUT2D eigenvalue weighted by Gasteiger charge is 2.31. The normalized spacial score (nSPS) is 24.4. The van der Waals surface area contributed by atoms with Gasteiger partial charge in [-0.3, -0.25) is 0 Å². The van der Waals surface area contributed by atoms with E-state index in [0.717, 1.165) is 23.6 Å². The average molecular weight is 219 g/mol. The quantitative estimate of drug-likeness (QED) is 0.309. The zero-order chi connectivity index (χ0) is 11.5. The molecule has 1 aromatic carbocycles. The largest absolute Gasteiger partial charge is 0.409 e. The second-order valence-corrected chi connectivity index (χ2v) is 4.34. The van der Waals surface area contributed by atoms with E-state index >= 15 is 0 Å². The van der Waals surface area contributed by atoms with Gasteiger partial charge >= 0.3 is 0 Å². The van der Waals surface area contributed by atoms with Gasteiger partial charge in [0.15, 0.2) is 5.84 Å². The smallest absolute Gasteiger partial charge is 0.170 e. The zero-order valence-corrected chi connectivity index (χ0v) is 9.35. The minimum Gasteiger partial charge on any atom is -0.409 e. The Labute approximate surface area is 95.1 Å². The first-order valence-corrected chi connectivity index (χ1v) is 5.51. The van der Waals surface area contributed by atoms with Crippen LogP contribution in [0.4, 0.5) is 0 Å². The van der Waals surface area contributed by atoms with E-state index in [-0.39, 0.29) is 5.84 Å². The van der Waals surface area contributed by atoms with Gasteiger partial charge < -0.3 is 16.3 Å². The lowest BCUT2D eigenvalue weighted by Crippen LogP contribution is -2.21. The summed E-state index contributed by atoms with van der Waals surface area (Å²) in [6, 6.07) is 8.33. The van der Waals surface area contributed by atoms with E-state index in [2.05, 4.69) is 17.4 Å². The van der Waals surface area contributed by atoms with Crippen LogP contribution in [0.1, 0.15) is 24.5 Å². The van der Waals surface area contributed by atoms with Gasteiger partial charge in [-0.15, -0.1) is 0 Å². The highest BCUT2D eigenvalue weighted by Crippen LogP contribution is 2.29. The van der Waals surface area contributed by atoms with Crippen LogP contribution >= 0.6 is 0 Å². The van der Waals surface area contributed by atoms with Crippen LogP contribution in [0.25, 0.3) is 0 Å². The monoisotopic (exact) mass is 219 g/mol. The molecule has 1 saturated carbocycles. The fourth-order valence-electron chi connectivity index (χ4n) is 1.83. The molecule has 2 atom stereocenters. The van der Waals surface area contributed by atoms with Gasteiger partial charge in [0.1, 0.15) is 0 Å². The van der Waals surface area contributed by atoms with Crippen molar-refractivity contribution in [2.75, 3.05) is 0 Å². The molecule has 1 aromatic rings. The Bertz CT molecular complexity index is 403. The van der Waals surface area contributed by atoms with E-state index in [1.165, 1.54) is 6.42 Å². The van der Waals surface area contributed by atoms with Crippen LogP contribution in [0.3, 0.4) is 0 Å². The van der Waals surface area contributed by atoms with Gasteiger partial charge in [-0.2, -0.15) is 0 Å². The van der Waals surface area contributed by atoms with Crippen LogP contribution in [0.15, 0.2) is 29.4 Å². The lowest BCUT2D eigenvalue weighted by atomic mass is 10.1. The molecule has 0 heterocycles. The standard InChI is InChI=1S/C12H17N3O/c1-8-6-11(8)14-7-9-4-2-3-5-10(9)12(13)15-16/h2-5,8,11,14,16H,6-7H2,1H3,(H2,13,15). The molecule has 2 rings (SSSR count). The molecule has 4 nitrogen and oxygen atoms in total. The minimum atomic E-state index is 0.168. The molecule has 0 radical (unpaired) electrons. The molecule has 1 fully saturated rings. The third kappa shape index (κ3) is 2.33. The summed E-state index contributed by atoms with van der Waals surface area (Å²) in [4.78, 5) is 0. The molecule has 2 unspecified atom stereocenters. The van der Waals surface area contributed by atoms with E-state index in [0.29, 0.717) is 6.04 Å². The van der Waals surface area contributed by atoms with Gasteiger partial charge in [-0.05, 0) is 17.9 Å². The number of nitrogens with one attached hydrogen (secondary N) is 1. The molecular formula is C12H17N3O. The molecule has 4 heteroatoms. The topological polar surface area (TPSA) is 70.6 Å². The van der Waals surface area contributed by atoms with Crippen molar-refractivity contribution >= 4 is 5.84 Å². The summed E-state index contributed by atoms with van der Waals surface area (Å²) in [5, 5.41) is 15.2. The summed E-state index contributed by atoms with van der Waals surface area (Å²) < 4.78 is 0. The van der Waals surface area contributed by atoms with Gasteiger partial charge in [-0.25, -0.2) is 0 Å². The lowest BCUT2D eigenvalue weighted by Gasteiger charge is -2.08. The average Bonchev–Trinajstić information content (AvgIpc) is 3.02. The fourth-order valence-corrected chi connectivity index (χ4v) is 1.83. The number of hydrogen-bond acceptors (Lipinski definition) is 3. The zero-order valence-electron chi connectivity index (χ0n) is 9.35. The molecule has 16 heavy (non-hydrogen) atoms. The van der Waals surface area contributed by atoms with Crippen molar-refractivity contribution < 1.29 is 5.21 Å². The van der Waals surface area contributed by atoms with Crippen LogP contribution in [-0.4, -0.2) is 17.1 Å². The number of nitrogens with two attached hydrogens (primary N) is 1. The Balaban J connectivity index is 2.07. The molecule has 86 valence electrons. The Morgan fingerprint density at radius 1 is 1.56 bits per heavy atom. The predicted molar refractivity (Wildman–Crippen MR) is 63.4 cm³/mol.